The summed E-state index contributed by atoms with van der Waals surface area (Å²) in [5.74, 6) is 0.781. The molecule has 0 aromatic carbocycles. The Hall–Kier alpha value is -1.19. The van der Waals surface area contributed by atoms with E-state index in [0.29, 0.717) is 23.7 Å². The van der Waals surface area contributed by atoms with Gasteiger partial charge in [-0.05, 0) is 73.5 Å². The number of Topliss-reactive ketones (excluding diaryl/α,β-unsaturated/α-hetero) is 2. The minimum absolute atomic E-state index is 0.106. The number of esters is 1. The highest BCUT2D eigenvalue weighted by Gasteiger charge is 2.65. The minimum Gasteiger partial charge on any atom is -0.466 e. The molecule has 0 bridgehead atoms. The van der Waals surface area contributed by atoms with Gasteiger partial charge in [-0.1, -0.05) is 26.7 Å². The topological polar surface area (TPSA) is 60.4 Å². The fraction of sp³-hybridized carbons (Fsp3) is 0.870. The number of carbonyl (C=O) groups is 3. The average molecular weight is 375 g/mol. The molecule has 0 aliphatic heterocycles. The highest BCUT2D eigenvalue weighted by atomic mass is 16.5. The van der Waals surface area contributed by atoms with Gasteiger partial charge in [-0.2, -0.15) is 0 Å². The third-order valence-electron chi connectivity index (χ3n) is 9.15. The molecule has 0 amide bonds. The molecule has 0 N–H and O–H groups in total. The maximum absolute atomic E-state index is 13.1. The fourth-order valence-electron chi connectivity index (χ4n) is 7.82. The number of hydrogen-bond donors (Lipinski definition) is 0. The molecule has 0 spiro atoms. The maximum Gasteiger partial charge on any atom is 0.302 e. The van der Waals surface area contributed by atoms with E-state index in [4.69, 9.17) is 4.74 Å². The van der Waals surface area contributed by atoms with E-state index in [1.54, 1.807) is 0 Å². The van der Waals surface area contributed by atoms with Gasteiger partial charge >= 0.3 is 5.97 Å². The number of ketones is 2. The lowest BCUT2D eigenvalue weighted by Crippen LogP contribution is -2.53. The Labute approximate surface area is 162 Å². The highest BCUT2D eigenvalue weighted by Crippen LogP contribution is 2.66. The van der Waals surface area contributed by atoms with Crippen LogP contribution in [0.2, 0.25) is 0 Å². The summed E-state index contributed by atoms with van der Waals surface area (Å²) in [6, 6.07) is 0. The molecule has 150 valence electrons. The molecule has 4 rings (SSSR count). The molecular formula is C23H34O4. The molecule has 4 aliphatic rings. The Morgan fingerprint density at radius 1 is 1.00 bits per heavy atom. The lowest BCUT2D eigenvalue weighted by molar-refractivity contribution is -0.144. The van der Waals surface area contributed by atoms with Gasteiger partial charge in [-0.3, -0.25) is 14.4 Å². The van der Waals surface area contributed by atoms with Crippen LogP contribution in [0.3, 0.4) is 0 Å². The summed E-state index contributed by atoms with van der Waals surface area (Å²) >= 11 is 0. The fourth-order valence-corrected chi connectivity index (χ4v) is 7.82. The summed E-state index contributed by atoms with van der Waals surface area (Å²) in [7, 11) is 0. The van der Waals surface area contributed by atoms with E-state index in [2.05, 4.69) is 13.8 Å². The Morgan fingerprint density at radius 3 is 2.52 bits per heavy atom. The molecular weight excluding hydrogens is 340 g/mol. The van der Waals surface area contributed by atoms with Crippen molar-refractivity contribution >= 4 is 17.5 Å². The quantitative estimate of drug-likeness (QED) is 0.544. The Bertz CT molecular complexity index is 655. The number of hydrogen-bond acceptors (Lipinski definition) is 4. The summed E-state index contributed by atoms with van der Waals surface area (Å²) < 4.78 is 5.10. The zero-order chi connectivity index (χ0) is 19.4. The number of fused-ring (bicyclic) bond motifs is 5. The number of ether oxygens (including phenoxy) is 1. The van der Waals surface area contributed by atoms with Crippen LogP contribution in [0.15, 0.2) is 0 Å². The van der Waals surface area contributed by atoms with Crippen LogP contribution in [0.25, 0.3) is 0 Å². The maximum atomic E-state index is 13.1. The van der Waals surface area contributed by atoms with Gasteiger partial charge in [0, 0.05) is 18.8 Å². The van der Waals surface area contributed by atoms with Crippen molar-refractivity contribution in [2.75, 3.05) is 6.61 Å². The predicted octanol–water partition coefficient (Wildman–Crippen LogP) is 4.35. The SMILES string of the molecule is CC(=O)OCC[C@H]1C(=O)C(=O)[C@H]2[C@@H]3CCC4CCCC[C@]4(C)[C@H]3CC[C@]12C. The smallest absolute Gasteiger partial charge is 0.302 e. The summed E-state index contributed by atoms with van der Waals surface area (Å²) in [4.78, 5) is 37.1. The molecule has 1 unspecified atom stereocenters. The van der Waals surface area contributed by atoms with Crippen LogP contribution in [0, 0.1) is 40.4 Å². The molecule has 4 saturated carbocycles. The number of rotatable bonds is 3. The minimum atomic E-state index is -0.319. The van der Waals surface area contributed by atoms with Crippen molar-refractivity contribution < 1.29 is 19.1 Å². The Morgan fingerprint density at radius 2 is 1.78 bits per heavy atom. The second-order valence-corrected chi connectivity index (χ2v) is 10.2. The second-order valence-electron chi connectivity index (χ2n) is 10.2. The molecule has 4 nitrogen and oxygen atoms in total. The first-order valence-electron chi connectivity index (χ1n) is 11.0. The van der Waals surface area contributed by atoms with E-state index in [1.807, 2.05) is 0 Å². The van der Waals surface area contributed by atoms with Crippen molar-refractivity contribution in [3.63, 3.8) is 0 Å². The molecule has 0 radical (unpaired) electrons. The molecule has 0 aromatic heterocycles. The third-order valence-corrected chi connectivity index (χ3v) is 9.15. The highest BCUT2D eigenvalue weighted by molar-refractivity contribution is 6.41. The van der Waals surface area contributed by atoms with Gasteiger partial charge in [-0.25, -0.2) is 0 Å². The molecule has 7 atom stereocenters. The predicted molar refractivity (Wildman–Crippen MR) is 102 cm³/mol. The molecule has 27 heavy (non-hydrogen) atoms. The van der Waals surface area contributed by atoms with Crippen molar-refractivity contribution in [3.05, 3.63) is 0 Å². The van der Waals surface area contributed by atoms with Crippen LogP contribution in [0.5, 0.6) is 0 Å². The van der Waals surface area contributed by atoms with Crippen LogP contribution in [0.1, 0.15) is 78.6 Å². The lowest BCUT2D eigenvalue weighted by Gasteiger charge is -2.59. The number of carbonyl (C=O) groups excluding carboxylic acids is 3. The summed E-state index contributed by atoms with van der Waals surface area (Å²) in [6.07, 6.45) is 10.3. The van der Waals surface area contributed by atoms with Crippen LogP contribution in [0.4, 0.5) is 0 Å². The molecule has 0 aromatic rings. The van der Waals surface area contributed by atoms with Crippen molar-refractivity contribution in [3.8, 4) is 0 Å². The third kappa shape index (κ3) is 2.81. The molecule has 4 heteroatoms. The van der Waals surface area contributed by atoms with Crippen molar-refractivity contribution in [1.82, 2.24) is 0 Å². The van der Waals surface area contributed by atoms with Crippen LogP contribution in [-0.2, 0) is 19.1 Å². The van der Waals surface area contributed by atoms with Crippen molar-refractivity contribution in [1.29, 1.82) is 0 Å². The van der Waals surface area contributed by atoms with E-state index >= 15 is 0 Å². The van der Waals surface area contributed by atoms with Gasteiger partial charge < -0.3 is 4.74 Å². The molecule has 4 aliphatic carbocycles. The van der Waals surface area contributed by atoms with Gasteiger partial charge in [-0.15, -0.1) is 0 Å². The molecule has 0 heterocycles. The first kappa shape index (κ1) is 19.1. The van der Waals surface area contributed by atoms with Gasteiger partial charge in [0.15, 0.2) is 0 Å². The van der Waals surface area contributed by atoms with Crippen LogP contribution in [-0.4, -0.2) is 24.1 Å². The lowest BCUT2D eigenvalue weighted by atomic mass is 9.44. The van der Waals surface area contributed by atoms with Gasteiger partial charge in [0.05, 0.1) is 6.61 Å². The van der Waals surface area contributed by atoms with E-state index < -0.39 is 0 Å². The average Bonchev–Trinajstić information content (AvgIpc) is 2.81. The summed E-state index contributed by atoms with van der Waals surface area (Å²) in [5.41, 5.74) is 0.120. The van der Waals surface area contributed by atoms with E-state index in [9.17, 15) is 14.4 Å². The summed E-state index contributed by atoms with van der Waals surface area (Å²) in [6.45, 7) is 6.29. The normalized spacial score (nSPS) is 46.4. The largest absolute Gasteiger partial charge is 0.466 e. The van der Waals surface area contributed by atoms with Gasteiger partial charge in [0.25, 0.3) is 0 Å². The monoisotopic (exact) mass is 374 g/mol. The van der Waals surface area contributed by atoms with Gasteiger partial charge in [0.2, 0.25) is 11.6 Å². The van der Waals surface area contributed by atoms with E-state index in [0.717, 1.165) is 25.2 Å². The molecule has 0 saturated heterocycles. The zero-order valence-electron chi connectivity index (χ0n) is 17.1. The first-order chi connectivity index (χ1) is 12.8. The Balaban J connectivity index is 1.59. The Kier molecular flexibility index (Phi) is 4.75. The summed E-state index contributed by atoms with van der Waals surface area (Å²) in [5, 5.41) is 0. The second kappa shape index (κ2) is 6.70. The van der Waals surface area contributed by atoms with Crippen molar-refractivity contribution in [2.24, 2.45) is 40.4 Å². The van der Waals surface area contributed by atoms with Crippen LogP contribution >= 0.6 is 0 Å². The van der Waals surface area contributed by atoms with E-state index in [-0.39, 0.29) is 41.4 Å². The van der Waals surface area contributed by atoms with E-state index in [1.165, 1.54) is 39.0 Å². The van der Waals surface area contributed by atoms with Gasteiger partial charge in [0.1, 0.15) is 0 Å². The standard InChI is InChI=1S/C23H34O4/c1-14(24)27-13-10-18-20(25)21(26)19-16-8-7-15-6-4-5-11-22(15,2)17(16)9-12-23(18,19)3/h15-19H,4-13H2,1-3H3/t15?,16-,17+,18+,19-,22+,23-/m1/s1. The van der Waals surface area contributed by atoms with Crippen LogP contribution < -0.4 is 0 Å². The van der Waals surface area contributed by atoms with Crippen molar-refractivity contribution in [2.45, 2.75) is 78.6 Å². The molecule has 4 fully saturated rings. The zero-order valence-corrected chi connectivity index (χ0v) is 17.1. The first-order valence-corrected chi connectivity index (χ1v) is 11.0.